The van der Waals surface area contributed by atoms with Gasteiger partial charge in [0, 0.05) is 18.3 Å². The number of ether oxygens (including phenoxy) is 2. The lowest BCUT2D eigenvalue weighted by Crippen LogP contribution is -2.34. The molecule has 1 N–H and O–H groups in total. The summed E-state index contributed by atoms with van der Waals surface area (Å²) in [6, 6.07) is 23.2. The second kappa shape index (κ2) is 9.41. The number of nitrogens with one attached hydrogen (secondary N) is 1. The molecule has 148 valence electrons. The van der Waals surface area contributed by atoms with Gasteiger partial charge in [0.1, 0.15) is 17.2 Å². The fourth-order valence-corrected chi connectivity index (χ4v) is 2.67. The van der Waals surface area contributed by atoms with Crippen molar-refractivity contribution in [3.63, 3.8) is 0 Å². The summed E-state index contributed by atoms with van der Waals surface area (Å²) in [7, 11) is 3.17. The van der Waals surface area contributed by atoms with Crippen LogP contribution in [0.1, 0.15) is 10.4 Å². The van der Waals surface area contributed by atoms with E-state index in [-0.39, 0.29) is 18.4 Å². The highest BCUT2D eigenvalue weighted by atomic mass is 16.5. The number of rotatable bonds is 7. The SMILES string of the molecule is COc1ccc(NC(=O)CN(C)C(=O)c2ccc(Oc3ccccc3)cc2)cc1. The number of likely N-dealkylation sites (N-methyl/N-ethyl adjacent to an activating group) is 1. The van der Waals surface area contributed by atoms with Crippen LogP contribution in [0.3, 0.4) is 0 Å². The van der Waals surface area contributed by atoms with Gasteiger partial charge in [-0.1, -0.05) is 18.2 Å². The Morgan fingerprint density at radius 2 is 1.41 bits per heavy atom. The number of nitrogens with zero attached hydrogens (tertiary/aromatic N) is 1. The van der Waals surface area contributed by atoms with Crippen molar-refractivity contribution in [3.05, 3.63) is 84.4 Å². The Labute approximate surface area is 169 Å². The minimum absolute atomic E-state index is 0.0624. The fraction of sp³-hybridized carbons (Fsp3) is 0.130. The summed E-state index contributed by atoms with van der Waals surface area (Å²) in [6.45, 7) is -0.0624. The number of benzene rings is 3. The molecule has 29 heavy (non-hydrogen) atoms. The minimum Gasteiger partial charge on any atom is -0.497 e. The van der Waals surface area contributed by atoms with E-state index in [4.69, 9.17) is 9.47 Å². The summed E-state index contributed by atoms with van der Waals surface area (Å²) in [4.78, 5) is 26.2. The van der Waals surface area contributed by atoms with E-state index in [1.807, 2.05) is 30.3 Å². The molecule has 2 amide bonds. The lowest BCUT2D eigenvalue weighted by atomic mass is 10.2. The Morgan fingerprint density at radius 3 is 2.03 bits per heavy atom. The molecule has 0 aliphatic heterocycles. The number of carbonyl (C=O) groups excluding carboxylic acids is 2. The molecule has 3 rings (SSSR count). The van der Waals surface area contributed by atoms with E-state index in [0.717, 1.165) is 5.75 Å². The van der Waals surface area contributed by atoms with E-state index in [1.165, 1.54) is 4.90 Å². The lowest BCUT2D eigenvalue weighted by molar-refractivity contribution is -0.116. The Bertz CT molecular complexity index is 954. The first kappa shape index (κ1) is 19.9. The van der Waals surface area contributed by atoms with Crippen LogP contribution < -0.4 is 14.8 Å². The van der Waals surface area contributed by atoms with Gasteiger partial charge in [-0.3, -0.25) is 9.59 Å². The molecule has 0 spiro atoms. The van der Waals surface area contributed by atoms with Gasteiger partial charge < -0.3 is 19.7 Å². The first-order chi connectivity index (χ1) is 14.0. The van der Waals surface area contributed by atoms with Crippen LogP contribution in [-0.2, 0) is 4.79 Å². The number of hydrogen-bond acceptors (Lipinski definition) is 4. The zero-order valence-electron chi connectivity index (χ0n) is 16.3. The van der Waals surface area contributed by atoms with Crippen LogP contribution in [-0.4, -0.2) is 37.4 Å². The summed E-state index contributed by atoms with van der Waals surface area (Å²) in [5.41, 5.74) is 1.12. The van der Waals surface area contributed by atoms with Crippen molar-refractivity contribution in [1.82, 2.24) is 4.90 Å². The molecule has 6 heteroatoms. The molecule has 0 saturated carbocycles. The van der Waals surface area contributed by atoms with Gasteiger partial charge in [0.05, 0.1) is 13.7 Å². The maximum absolute atomic E-state index is 12.6. The molecule has 6 nitrogen and oxygen atoms in total. The Kier molecular flexibility index (Phi) is 6.47. The molecule has 0 aliphatic rings. The monoisotopic (exact) mass is 390 g/mol. The van der Waals surface area contributed by atoms with Gasteiger partial charge in [-0.25, -0.2) is 0 Å². The van der Waals surface area contributed by atoms with Crippen molar-refractivity contribution in [2.45, 2.75) is 0 Å². The normalized spacial score (nSPS) is 10.1. The molecule has 3 aromatic carbocycles. The molecule has 0 fully saturated rings. The van der Waals surface area contributed by atoms with Crippen LogP contribution in [0.25, 0.3) is 0 Å². The molecule has 0 aliphatic carbocycles. The third-order valence-corrected chi connectivity index (χ3v) is 4.18. The predicted octanol–water partition coefficient (Wildman–Crippen LogP) is 4.20. The first-order valence-corrected chi connectivity index (χ1v) is 9.07. The van der Waals surface area contributed by atoms with Gasteiger partial charge in [-0.2, -0.15) is 0 Å². The summed E-state index contributed by atoms with van der Waals surface area (Å²) < 4.78 is 10.8. The third-order valence-electron chi connectivity index (χ3n) is 4.18. The number of methoxy groups -OCH3 is 1. The Morgan fingerprint density at radius 1 is 0.828 bits per heavy atom. The van der Waals surface area contributed by atoms with Gasteiger partial charge in [0.2, 0.25) is 5.91 Å². The topological polar surface area (TPSA) is 67.9 Å². The molecular formula is C23H22N2O4. The van der Waals surface area contributed by atoms with Crippen LogP contribution in [0.4, 0.5) is 5.69 Å². The van der Waals surface area contributed by atoms with E-state index in [1.54, 1.807) is 62.7 Å². The number of hydrogen-bond donors (Lipinski definition) is 1. The average molecular weight is 390 g/mol. The molecule has 0 heterocycles. The van der Waals surface area contributed by atoms with E-state index in [2.05, 4.69) is 5.32 Å². The van der Waals surface area contributed by atoms with E-state index in [0.29, 0.717) is 22.7 Å². The number of para-hydroxylation sites is 1. The Hall–Kier alpha value is -3.80. The van der Waals surface area contributed by atoms with Gasteiger partial charge in [0.25, 0.3) is 5.91 Å². The van der Waals surface area contributed by atoms with E-state index in [9.17, 15) is 9.59 Å². The highest BCUT2D eigenvalue weighted by Crippen LogP contribution is 2.21. The summed E-state index contributed by atoms with van der Waals surface area (Å²) >= 11 is 0. The van der Waals surface area contributed by atoms with Crippen molar-refractivity contribution in [2.24, 2.45) is 0 Å². The van der Waals surface area contributed by atoms with Crippen molar-refractivity contribution < 1.29 is 19.1 Å². The lowest BCUT2D eigenvalue weighted by Gasteiger charge is -2.17. The number of anilines is 1. The summed E-state index contributed by atoms with van der Waals surface area (Å²) in [5.74, 6) is 1.53. The zero-order valence-corrected chi connectivity index (χ0v) is 16.3. The maximum atomic E-state index is 12.6. The molecule has 3 aromatic rings. The molecular weight excluding hydrogens is 368 g/mol. The van der Waals surface area contributed by atoms with Crippen LogP contribution in [0.5, 0.6) is 17.2 Å². The summed E-state index contributed by atoms with van der Waals surface area (Å²) in [6.07, 6.45) is 0. The minimum atomic E-state index is -0.282. The second-order valence-electron chi connectivity index (χ2n) is 6.38. The van der Waals surface area contributed by atoms with Gasteiger partial charge in [-0.15, -0.1) is 0 Å². The van der Waals surface area contributed by atoms with Crippen molar-refractivity contribution in [1.29, 1.82) is 0 Å². The van der Waals surface area contributed by atoms with Gasteiger partial charge >= 0.3 is 0 Å². The Balaban J connectivity index is 1.55. The summed E-state index contributed by atoms with van der Waals surface area (Å²) in [5, 5.41) is 2.76. The number of carbonyl (C=O) groups is 2. The van der Waals surface area contributed by atoms with Crippen molar-refractivity contribution >= 4 is 17.5 Å². The highest BCUT2D eigenvalue weighted by Gasteiger charge is 2.15. The third kappa shape index (κ3) is 5.59. The highest BCUT2D eigenvalue weighted by molar-refractivity contribution is 5.99. The molecule has 0 aromatic heterocycles. The van der Waals surface area contributed by atoms with Crippen LogP contribution in [0.15, 0.2) is 78.9 Å². The fourth-order valence-electron chi connectivity index (χ4n) is 2.67. The maximum Gasteiger partial charge on any atom is 0.254 e. The van der Waals surface area contributed by atoms with Crippen LogP contribution >= 0.6 is 0 Å². The molecule has 0 atom stereocenters. The smallest absolute Gasteiger partial charge is 0.254 e. The van der Waals surface area contributed by atoms with Crippen molar-refractivity contribution in [2.75, 3.05) is 26.0 Å². The number of amides is 2. The predicted molar refractivity (Wildman–Crippen MR) is 112 cm³/mol. The standard InChI is InChI=1S/C23H22N2O4/c1-25(16-22(26)24-18-10-14-19(28-2)15-11-18)23(27)17-8-12-21(13-9-17)29-20-6-4-3-5-7-20/h3-15H,16H2,1-2H3,(H,24,26). The second-order valence-corrected chi connectivity index (χ2v) is 6.38. The molecule has 0 unspecified atom stereocenters. The van der Waals surface area contributed by atoms with E-state index < -0.39 is 0 Å². The zero-order chi connectivity index (χ0) is 20.6. The van der Waals surface area contributed by atoms with Crippen LogP contribution in [0.2, 0.25) is 0 Å². The molecule has 0 radical (unpaired) electrons. The average Bonchev–Trinajstić information content (AvgIpc) is 2.75. The van der Waals surface area contributed by atoms with Gasteiger partial charge in [0.15, 0.2) is 0 Å². The van der Waals surface area contributed by atoms with E-state index >= 15 is 0 Å². The largest absolute Gasteiger partial charge is 0.497 e. The van der Waals surface area contributed by atoms with Gasteiger partial charge in [-0.05, 0) is 60.7 Å². The van der Waals surface area contributed by atoms with Crippen LogP contribution in [0, 0.1) is 0 Å². The molecule has 0 saturated heterocycles. The van der Waals surface area contributed by atoms with Crippen molar-refractivity contribution in [3.8, 4) is 17.2 Å². The molecule has 0 bridgehead atoms. The quantitative estimate of drug-likeness (QED) is 0.657. The first-order valence-electron chi connectivity index (χ1n) is 9.07.